The van der Waals surface area contributed by atoms with Gasteiger partial charge in [0.25, 0.3) is 0 Å². The monoisotopic (exact) mass is 450 g/mol. The number of hydrogen-bond acceptors (Lipinski definition) is 2. The lowest BCUT2D eigenvalue weighted by molar-refractivity contribution is 0.457. The standard InChI is InChI=1S/C32H34O2/c1-5-23-18-27(20-30(32(23)34)28(6-2)25-15-11-8-12-16-25)26-17-21(3)31(33)29(19-26)22(4)24-13-9-7-10-14-24/h7-20,22,28,33-34H,5-6H2,1-4H3. The molecule has 2 unspecified atom stereocenters. The van der Waals surface area contributed by atoms with Gasteiger partial charge >= 0.3 is 0 Å². The van der Waals surface area contributed by atoms with E-state index in [-0.39, 0.29) is 11.8 Å². The highest BCUT2D eigenvalue weighted by atomic mass is 16.3. The molecule has 0 bridgehead atoms. The number of benzene rings is 4. The first-order valence-corrected chi connectivity index (χ1v) is 12.2. The molecule has 0 aliphatic heterocycles. The molecule has 0 radical (unpaired) electrons. The molecule has 0 aliphatic carbocycles. The molecular weight excluding hydrogens is 416 g/mol. The Labute approximate surface area is 203 Å². The van der Waals surface area contributed by atoms with Crippen LogP contribution >= 0.6 is 0 Å². The third-order valence-corrected chi connectivity index (χ3v) is 7.01. The second kappa shape index (κ2) is 10.2. The minimum Gasteiger partial charge on any atom is -0.507 e. The predicted molar refractivity (Wildman–Crippen MR) is 142 cm³/mol. The zero-order valence-corrected chi connectivity index (χ0v) is 20.5. The van der Waals surface area contributed by atoms with Gasteiger partial charge in [0.15, 0.2) is 0 Å². The van der Waals surface area contributed by atoms with E-state index in [0.717, 1.165) is 46.2 Å². The maximum absolute atomic E-state index is 11.2. The minimum absolute atomic E-state index is 0.0646. The predicted octanol–water partition coefficient (Wildman–Crippen LogP) is 8.33. The van der Waals surface area contributed by atoms with Crippen LogP contribution in [-0.2, 0) is 6.42 Å². The van der Waals surface area contributed by atoms with Crippen molar-refractivity contribution in [3.8, 4) is 22.6 Å². The van der Waals surface area contributed by atoms with Gasteiger partial charge in [-0.1, -0.05) is 81.4 Å². The van der Waals surface area contributed by atoms with Crippen molar-refractivity contribution < 1.29 is 10.2 Å². The van der Waals surface area contributed by atoms with E-state index in [9.17, 15) is 10.2 Å². The van der Waals surface area contributed by atoms with Crippen LogP contribution in [0, 0.1) is 6.92 Å². The zero-order chi connectivity index (χ0) is 24.2. The van der Waals surface area contributed by atoms with Crippen molar-refractivity contribution in [3.63, 3.8) is 0 Å². The van der Waals surface area contributed by atoms with Gasteiger partial charge in [-0.25, -0.2) is 0 Å². The Morgan fingerprint density at radius 3 is 1.82 bits per heavy atom. The Bertz CT molecular complexity index is 1260. The van der Waals surface area contributed by atoms with Gasteiger partial charge in [-0.2, -0.15) is 0 Å². The second-order valence-electron chi connectivity index (χ2n) is 9.16. The van der Waals surface area contributed by atoms with E-state index >= 15 is 0 Å². The third kappa shape index (κ3) is 4.59. The molecule has 4 rings (SSSR count). The Kier molecular flexibility index (Phi) is 7.07. The minimum atomic E-state index is 0.0646. The number of aryl methyl sites for hydroxylation is 2. The fourth-order valence-electron chi connectivity index (χ4n) is 4.97. The van der Waals surface area contributed by atoms with E-state index in [1.807, 2.05) is 31.2 Å². The summed E-state index contributed by atoms with van der Waals surface area (Å²) in [5, 5.41) is 22.1. The highest BCUT2D eigenvalue weighted by Gasteiger charge is 2.21. The second-order valence-corrected chi connectivity index (χ2v) is 9.16. The Balaban J connectivity index is 1.86. The summed E-state index contributed by atoms with van der Waals surface area (Å²) in [4.78, 5) is 0. The molecule has 2 atom stereocenters. The first-order chi connectivity index (χ1) is 16.4. The summed E-state index contributed by atoms with van der Waals surface area (Å²) in [5.74, 6) is 0.933. The van der Waals surface area contributed by atoms with Gasteiger partial charge in [-0.3, -0.25) is 0 Å². The van der Waals surface area contributed by atoms with E-state index in [0.29, 0.717) is 11.5 Å². The molecule has 2 heteroatoms. The molecule has 0 amide bonds. The number of aromatic hydroxyl groups is 2. The van der Waals surface area contributed by atoms with Crippen molar-refractivity contribution in [2.24, 2.45) is 0 Å². The van der Waals surface area contributed by atoms with Crippen molar-refractivity contribution in [1.29, 1.82) is 0 Å². The number of hydrogen-bond donors (Lipinski definition) is 2. The zero-order valence-electron chi connectivity index (χ0n) is 20.5. The molecule has 0 saturated carbocycles. The molecule has 34 heavy (non-hydrogen) atoms. The van der Waals surface area contributed by atoms with Gasteiger partial charge in [0.05, 0.1) is 0 Å². The highest BCUT2D eigenvalue weighted by Crippen LogP contribution is 2.42. The number of rotatable bonds is 7. The smallest absolute Gasteiger partial charge is 0.122 e. The fourth-order valence-corrected chi connectivity index (χ4v) is 4.97. The third-order valence-electron chi connectivity index (χ3n) is 7.01. The van der Waals surface area contributed by atoms with Gasteiger partial charge in [0.2, 0.25) is 0 Å². The van der Waals surface area contributed by atoms with Crippen LogP contribution in [0.3, 0.4) is 0 Å². The molecule has 0 aliphatic rings. The molecule has 0 aromatic heterocycles. The van der Waals surface area contributed by atoms with Crippen LogP contribution in [0.25, 0.3) is 11.1 Å². The van der Waals surface area contributed by atoms with Gasteiger partial charge in [-0.15, -0.1) is 0 Å². The van der Waals surface area contributed by atoms with Gasteiger partial charge in [0.1, 0.15) is 11.5 Å². The molecule has 2 nitrogen and oxygen atoms in total. The fraction of sp³-hybridized carbons (Fsp3) is 0.250. The van der Waals surface area contributed by atoms with Crippen LogP contribution in [0.1, 0.15) is 72.4 Å². The van der Waals surface area contributed by atoms with Crippen LogP contribution in [0.2, 0.25) is 0 Å². The van der Waals surface area contributed by atoms with Crippen LogP contribution in [0.15, 0.2) is 84.9 Å². The van der Waals surface area contributed by atoms with E-state index in [1.54, 1.807) is 0 Å². The van der Waals surface area contributed by atoms with Gasteiger partial charge < -0.3 is 10.2 Å². The molecule has 2 N–H and O–H groups in total. The SMILES string of the molecule is CCc1cc(-c2cc(C)c(O)c(C(C)c3ccccc3)c2)cc(C(CC)c2ccccc2)c1O. The normalized spacial score (nSPS) is 12.9. The molecule has 0 saturated heterocycles. The van der Waals surface area contributed by atoms with E-state index in [1.165, 1.54) is 11.1 Å². The van der Waals surface area contributed by atoms with Crippen LogP contribution in [-0.4, -0.2) is 10.2 Å². The number of phenols is 2. The highest BCUT2D eigenvalue weighted by molar-refractivity contribution is 5.71. The summed E-state index contributed by atoms with van der Waals surface area (Å²) in [6, 6.07) is 29.1. The van der Waals surface area contributed by atoms with Crippen molar-refractivity contribution in [1.82, 2.24) is 0 Å². The molecule has 0 spiro atoms. The maximum Gasteiger partial charge on any atom is 0.122 e. The first kappa shape index (κ1) is 23.6. The van der Waals surface area contributed by atoms with E-state index in [4.69, 9.17) is 0 Å². The summed E-state index contributed by atoms with van der Waals surface area (Å²) in [6.07, 6.45) is 1.65. The lowest BCUT2D eigenvalue weighted by Crippen LogP contribution is -2.03. The number of phenolic OH excluding ortho intramolecular Hbond substituents is 2. The summed E-state index contributed by atoms with van der Waals surface area (Å²) in [7, 11) is 0. The average Bonchev–Trinajstić information content (AvgIpc) is 2.87. The summed E-state index contributed by atoms with van der Waals surface area (Å²) < 4.78 is 0. The van der Waals surface area contributed by atoms with Crippen molar-refractivity contribution >= 4 is 0 Å². The van der Waals surface area contributed by atoms with E-state index < -0.39 is 0 Å². The van der Waals surface area contributed by atoms with Gasteiger partial charge in [0, 0.05) is 23.0 Å². The van der Waals surface area contributed by atoms with Crippen molar-refractivity contribution in [3.05, 3.63) is 118 Å². The lowest BCUT2D eigenvalue weighted by atomic mass is 9.84. The first-order valence-electron chi connectivity index (χ1n) is 12.2. The van der Waals surface area contributed by atoms with Crippen molar-refractivity contribution in [2.45, 2.75) is 52.4 Å². The molecule has 0 heterocycles. The molecule has 4 aromatic carbocycles. The van der Waals surface area contributed by atoms with Crippen LogP contribution in [0.5, 0.6) is 11.5 Å². The Morgan fingerprint density at radius 2 is 1.24 bits per heavy atom. The summed E-state index contributed by atoms with van der Waals surface area (Å²) in [6.45, 7) is 8.34. The molecular formula is C32H34O2. The maximum atomic E-state index is 11.2. The van der Waals surface area contributed by atoms with Crippen molar-refractivity contribution in [2.75, 3.05) is 0 Å². The molecule has 174 valence electrons. The summed E-state index contributed by atoms with van der Waals surface area (Å²) in [5.41, 5.74) is 8.21. The van der Waals surface area contributed by atoms with E-state index in [2.05, 4.69) is 81.4 Å². The quantitative estimate of drug-likeness (QED) is 0.297. The largest absolute Gasteiger partial charge is 0.507 e. The summed E-state index contributed by atoms with van der Waals surface area (Å²) >= 11 is 0. The molecule has 4 aromatic rings. The van der Waals surface area contributed by atoms with Gasteiger partial charge in [-0.05, 0) is 77.4 Å². The van der Waals surface area contributed by atoms with Crippen LogP contribution in [0.4, 0.5) is 0 Å². The Morgan fingerprint density at radius 1 is 0.676 bits per heavy atom. The topological polar surface area (TPSA) is 40.5 Å². The van der Waals surface area contributed by atoms with Crippen LogP contribution < -0.4 is 0 Å². The average molecular weight is 451 g/mol. The lowest BCUT2D eigenvalue weighted by Gasteiger charge is -2.22. The molecule has 0 fully saturated rings. The Hall–Kier alpha value is -3.52.